The zero-order valence-corrected chi connectivity index (χ0v) is 24.8. The molecule has 0 unspecified atom stereocenters. The summed E-state index contributed by atoms with van der Waals surface area (Å²) < 4.78 is 55.8. The Morgan fingerprint density at radius 3 is 2.45 bits per heavy atom. The largest absolute Gasteiger partial charge is 0.377 e. The molecule has 0 atom stereocenters. The van der Waals surface area contributed by atoms with Gasteiger partial charge in [-0.2, -0.15) is 9.82 Å². The number of carbonyl (C=O) groups excluding carboxylic acids is 1. The highest BCUT2D eigenvalue weighted by Gasteiger charge is 2.43. The number of amides is 1. The lowest BCUT2D eigenvalue weighted by atomic mass is 10.0. The number of ether oxygens (including phenoxy) is 2. The molecule has 3 heterocycles. The van der Waals surface area contributed by atoms with Crippen molar-refractivity contribution >= 4 is 40.6 Å². The van der Waals surface area contributed by atoms with E-state index in [0.29, 0.717) is 44.0 Å². The van der Waals surface area contributed by atoms with Gasteiger partial charge in [-0.3, -0.25) is 4.79 Å². The molecular weight excluding hydrogens is 529 g/mol. The Bertz CT molecular complexity index is 1250. The number of alkyl halides is 1. The summed E-state index contributed by atoms with van der Waals surface area (Å²) in [5.41, 5.74) is 0.0968. The third-order valence-corrected chi connectivity index (χ3v) is 10.3. The number of nitrogens with zero attached hydrogens (tertiary/aromatic N) is 4. The first-order chi connectivity index (χ1) is 17.8. The lowest BCUT2D eigenvalue weighted by molar-refractivity contribution is -0.134. The topological polar surface area (TPSA) is 106 Å². The van der Waals surface area contributed by atoms with Gasteiger partial charge in [0.25, 0.3) is 0 Å². The number of rotatable bonds is 11. The maximum atomic E-state index is 13.7. The quantitative estimate of drug-likeness (QED) is 0.328. The summed E-state index contributed by atoms with van der Waals surface area (Å²) in [6, 6.07) is 4.20. The van der Waals surface area contributed by atoms with E-state index in [9.17, 15) is 17.6 Å². The summed E-state index contributed by atoms with van der Waals surface area (Å²) in [5.74, 6) is 0.0307. The molecule has 0 saturated carbocycles. The van der Waals surface area contributed by atoms with Crippen molar-refractivity contribution in [1.82, 2.24) is 19.4 Å². The second kappa shape index (κ2) is 11.2. The van der Waals surface area contributed by atoms with Crippen LogP contribution in [-0.2, 0) is 31.0 Å². The Morgan fingerprint density at radius 2 is 1.89 bits per heavy atom. The van der Waals surface area contributed by atoms with E-state index >= 15 is 0 Å². The van der Waals surface area contributed by atoms with Crippen LogP contribution in [0.4, 0.5) is 10.1 Å². The molecule has 1 N–H and O–H groups in total. The van der Waals surface area contributed by atoms with E-state index in [0.717, 1.165) is 11.4 Å². The Morgan fingerprint density at radius 1 is 1.21 bits per heavy atom. The number of hydrogen-bond acceptors (Lipinski definition) is 7. The predicted molar refractivity (Wildman–Crippen MR) is 147 cm³/mol. The molecule has 10 nitrogen and oxygen atoms in total. The molecule has 4 rings (SSSR count). The molecule has 0 radical (unpaired) electrons. The van der Waals surface area contributed by atoms with E-state index in [1.807, 2.05) is 18.7 Å². The maximum Gasteiger partial charge on any atom is 0.241 e. The average molecular weight is 570 g/mol. The van der Waals surface area contributed by atoms with Gasteiger partial charge in [-0.25, -0.2) is 17.5 Å². The van der Waals surface area contributed by atoms with Crippen LogP contribution in [0.3, 0.4) is 0 Å². The molecule has 2 fully saturated rings. The monoisotopic (exact) mass is 569 g/mol. The number of halogens is 1. The highest BCUT2D eigenvalue weighted by Crippen LogP contribution is 2.33. The fraction of sp³-hybridized carbons (Fsp3) is 0.680. The summed E-state index contributed by atoms with van der Waals surface area (Å²) in [5, 5.41) is 5.31. The van der Waals surface area contributed by atoms with Gasteiger partial charge in [-0.05, 0) is 18.2 Å². The number of sulfonamides is 1. The lowest BCUT2D eigenvalue weighted by Crippen LogP contribution is -2.63. The van der Waals surface area contributed by atoms with Crippen molar-refractivity contribution in [3.8, 4) is 0 Å². The number of anilines is 1. The number of nitrogens with one attached hydrogen (secondary N) is 1. The SMILES string of the molecule is CC(C)C(=O)N1CCN(c2cc(S(=O)(=O)NC3(CF)COC3)cc3c2cnn3COCC[Si](C)(C)C)CC1. The number of hydrogen-bond donors (Lipinski definition) is 1. The smallest absolute Gasteiger partial charge is 0.241 e. The highest BCUT2D eigenvalue weighted by molar-refractivity contribution is 7.89. The minimum Gasteiger partial charge on any atom is -0.377 e. The van der Waals surface area contributed by atoms with Gasteiger partial charge >= 0.3 is 0 Å². The minimum absolute atomic E-state index is 0.00741. The van der Waals surface area contributed by atoms with Crippen LogP contribution in [0.15, 0.2) is 23.2 Å². The van der Waals surface area contributed by atoms with Crippen molar-refractivity contribution in [2.45, 2.75) is 56.7 Å². The summed E-state index contributed by atoms with van der Waals surface area (Å²) in [6.07, 6.45) is 1.73. The molecule has 1 aromatic heterocycles. The number of fused-ring (bicyclic) bond motifs is 1. The predicted octanol–water partition coefficient (Wildman–Crippen LogP) is 2.67. The van der Waals surface area contributed by atoms with Gasteiger partial charge in [-0.1, -0.05) is 33.5 Å². The van der Waals surface area contributed by atoms with Crippen LogP contribution in [0.1, 0.15) is 13.8 Å². The zero-order chi connectivity index (χ0) is 27.7. The first-order valence-electron chi connectivity index (χ1n) is 13.1. The van der Waals surface area contributed by atoms with Gasteiger partial charge < -0.3 is 19.3 Å². The number of piperazine rings is 1. The molecule has 13 heteroatoms. The number of carbonyl (C=O) groups is 1. The highest BCUT2D eigenvalue weighted by atomic mass is 32.2. The summed E-state index contributed by atoms with van der Waals surface area (Å²) >= 11 is 0. The van der Waals surface area contributed by atoms with E-state index in [1.54, 1.807) is 23.0 Å². The molecule has 0 aliphatic carbocycles. The van der Waals surface area contributed by atoms with E-state index in [1.165, 1.54) is 0 Å². The lowest BCUT2D eigenvalue weighted by Gasteiger charge is -2.39. The Kier molecular flexibility index (Phi) is 8.53. The molecule has 1 aromatic carbocycles. The molecule has 2 aliphatic rings. The van der Waals surface area contributed by atoms with Gasteiger partial charge in [0.1, 0.15) is 18.9 Å². The van der Waals surface area contributed by atoms with Crippen LogP contribution in [0, 0.1) is 5.92 Å². The van der Waals surface area contributed by atoms with Crippen molar-refractivity contribution in [2.75, 3.05) is 57.6 Å². The van der Waals surface area contributed by atoms with E-state index in [-0.39, 0.29) is 36.7 Å². The Labute approximate surface area is 225 Å². The normalized spacial score (nSPS) is 18.3. The first kappa shape index (κ1) is 28.9. The van der Waals surface area contributed by atoms with Gasteiger partial charge in [-0.15, -0.1) is 0 Å². The molecule has 1 amide bonds. The third-order valence-electron chi connectivity index (χ3n) is 7.02. The van der Waals surface area contributed by atoms with Crippen LogP contribution < -0.4 is 9.62 Å². The third kappa shape index (κ3) is 6.38. The van der Waals surface area contributed by atoms with Gasteiger partial charge in [0.15, 0.2) is 0 Å². The van der Waals surface area contributed by atoms with Crippen LogP contribution >= 0.6 is 0 Å². The second-order valence-electron chi connectivity index (χ2n) is 11.8. The summed E-state index contributed by atoms with van der Waals surface area (Å²) in [6.45, 7) is 12.8. The van der Waals surface area contributed by atoms with Gasteiger partial charge in [0.05, 0.1) is 29.8 Å². The second-order valence-corrected chi connectivity index (χ2v) is 19.2. The van der Waals surface area contributed by atoms with Crippen LogP contribution in [0.25, 0.3) is 10.9 Å². The summed E-state index contributed by atoms with van der Waals surface area (Å²) in [4.78, 5) is 16.4. The van der Waals surface area contributed by atoms with Crippen LogP contribution in [0.5, 0.6) is 0 Å². The van der Waals surface area contributed by atoms with Gasteiger partial charge in [0, 0.05) is 57.9 Å². The fourth-order valence-corrected chi connectivity index (χ4v) is 6.72. The van der Waals surface area contributed by atoms with Crippen LogP contribution in [0.2, 0.25) is 25.7 Å². The van der Waals surface area contributed by atoms with E-state index in [2.05, 4.69) is 34.4 Å². The molecule has 212 valence electrons. The van der Waals surface area contributed by atoms with Gasteiger partial charge in [0.2, 0.25) is 15.9 Å². The van der Waals surface area contributed by atoms with Crippen molar-refractivity contribution in [2.24, 2.45) is 5.92 Å². The molecule has 0 bridgehead atoms. The Hall–Kier alpha value is -2.06. The minimum atomic E-state index is -4.06. The molecule has 2 saturated heterocycles. The molecule has 0 spiro atoms. The Balaban J connectivity index is 1.65. The fourth-order valence-electron chi connectivity index (χ4n) is 4.57. The number of aromatic nitrogens is 2. The van der Waals surface area contributed by atoms with Crippen LogP contribution in [-0.4, -0.2) is 95.3 Å². The maximum absolute atomic E-state index is 13.7. The average Bonchev–Trinajstić information content (AvgIpc) is 3.25. The van der Waals surface area contributed by atoms with Crippen molar-refractivity contribution in [3.05, 3.63) is 18.3 Å². The van der Waals surface area contributed by atoms with Crippen molar-refractivity contribution in [3.63, 3.8) is 0 Å². The summed E-state index contributed by atoms with van der Waals surface area (Å²) in [7, 11) is -5.32. The molecule has 2 aromatic rings. The van der Waals surface area contributed by atoms with E-state index in [4.69, 9.17) is 9.47 Å². The standard InChI is InChI=1S/C25H40FN5O5SSi/c1-19(2)24(32)30-8-6-29(7-9-30)22-12-20(37(33,34)28-25(15-26)16-36-17-25)13-23-21(22)14-27-31(23)18-35-10-11-38(3,4)5/h12-14,19,28H,6-11,15-18H2,1-5H3. The molecule has 38 heavy (non-hydrogen) atoms. The zero-order valence-electron chi connectivity index (χ0n) is 23.0. The number of benzene rings is 1. The molecule has 2 aliphatic heterocycles. The molecular formula is C25H40FN5O5SSi. The van der Waals surface area contributed by atoms with Crippen molar-refractivity contribution < 1.29 is 27.1 Å². The van der Waals surface area contributed by atoms with Crippen molar-refractivity contribution in [1.29, 1.82) is 0 Å². The first-order valence-corrected chi connectivity index (χ1v) is 18.3. The van der Waals surface area contributed by atoms with E-state index < -0.39 is 30.3 Å².